The SMILES string of the molecule is CC.CC(C)C(NC=O)c1ccc(O)cc1.CCN1CCN(C)C(=O)C1=O. The van der Waals surface area contributed by atoms with Gasteiger partial charge in [-0.25, -0.2) is 0 Å². The van der Waals surface area contributed by atoms with E-state index < -0.39 is 5.91 Å². The highest BCUT2D eigenvalue weighted by molar-refractivity contribution is 6.35. The highest BCUT2D eigenvalue weighted by Gasteiger charge is 2.28. The van der Waals surface area contributed by atoms with Crippen LogP contribution in [0.3, 0.4) is 0 Å². The standard InChI is InChI=1S/C11H15NO2.C7H12N2O2.C2H6/c1-8(2)11(12-7-13)9-3-5-10(14)6-4-9;1-3-9-5-4-8(2)6(10)7(9)11;1-2/h3-8,11,14H,1-2H3,(H,12,13);3-5H2,1-2H3;1-2H3. The summed E-state index contributed by atoms with van der Waals surface area (Å²) in [6.07, 6.45) is 0.706. The summed E-state index contributed by atoms with van der Waals surface area (Å²) in [4.78, 5) is 35.5. The van der Waals surface area contributed by atoms with E-state index in [1.54, 1.807) is 24.1 Å². The summed E-state index contributed by atoms with van der Waals surface area (Å²) in [6, 6.07) is 6.88. The summed E-state index contributed by atoms with van der Waals surface area (Å²) in [6.45, 7) is 11.9. The molecule has 1 unspecified atom stereocenters. The maximum Gasteiger partial charge on any atom is 0.312 e. The molecule has 1 aromatic carbocycles. The lowest BCUT2D eigenvalue weighted by molar-refractivity contribution is -0.154. The Labute approximate surface area is 162 Å². The second-order valence-corrected chi connectivity index (χ2v) is 6.21. The Morgan fingerprint density at radius 3 is 2.11 bits per heavy atom. The molecule has 7 heteroatoms. The Bertz CT molecular complexity index is 587. The van der Waals surface area contributed by atoms with Gasteiger partial charge in [-0.3, -0.25) is 14.4 Å². The molecule has 7 nitrogen and oxygen atoms in total. The number of aromatic hydroxyl groups is 1. The normalized spacial score (nSPS) is 14.6. The van der Waals surface area contributed by atoms with Crippen LogP contribution >= 0.6 is 0 Å². The van der Waals surface area contributed by atoms with Crippen LogP contribution in [-0.2, 0) is 14.4 Å². The highest BCUT2D eigenvalue weighted by atomic mass is 16.3. The number of piperazine rings is 1. The number of nitrogens with zero attached hydrogens (tertiary/aromatic N) is 2. The Hall–Kier alpha value is -2.57. The fourth-order valence-electron chi connectivity index (χ4n) is 2.50. The Kier molecular flexibility index (Phi) is 11.5. The van der Waals surface area contributed by atoms with Crippen molar-refractivity contribution in [3.8, 4) is 5.75 Å². The Morgan fingerprint density at radius 1 is 1.11 bits per heavy atom. The van der Waals surface area contributed by atoms with Crippen LogP contribution in [-0.4, -0.2) is 59.8 Å². The molecule has 1 heterocycles. The van der Waals surface area contributed by atoms with Crippen molar-refractivity contribution in [3.63, 3.8) is 0 Å². The van der Waals surface area contributed by atoms with Gasteiger partial charge in [0.2, 0.25) is 6.41 Å². The lowest BCUT2D eigenvalue weighted by Crippen LogP contribution is -2.52. The maximum absolute atomic E-state index is 11.1. The highest BCUT2D eigenvalue weighted by Crippen LogP contribution is 2.22. The molecule has 0 saturated carbocycles. The minimum Gasteiger partial charge on any atom is -0.508 e. The monoisotopic (exact) mass is 379 g/mol. The van der Waals surface area contributed by atoms with Crippen molar-refractivity contribution in [2.24, 2.45) is 5.92 Å². The molecule has 2 N–H and O–H groups in total. The van der Waals surface area contributed by atoms with Gasteiger partial charge in [-0.2, -0.15) is 0 Å². The number of hydrogen-bond donors (Lipinski definition) is 2. The number of carbonyl (C=O) groups excluding carboxylic acids is 3. The first-order chi connectivity index (χ1) is 12.8. The molecule has 1 aliphatic rings. The average molecular weight is 380 g/mol. The van der Waals surface area contributed by atoms with E-state index in [0.717, 1.165) is 5.56 Å². The summed E-state index contributed by atoms with van der Waals surface area (Å²) in [7, 11) is 1.65. The largest absolute Gasteiger partial charge is 0.508 e. The third-order valence-electron chi connectivity index (χ3n) is 4.07. The molecule has 1 atom stereocenters. The zero-order chi connectivity index (χ0) is 21.0. The van der Waals surface area contributed by atoms with Gasteiger partial charge in [0.15, 0.2) is 0 Å². The first-order valence-corrected chi connectivity index (χ1v) is 9.34. The summed E-state index contributed by atoms with van der Waals surface area (Å²) < 4.78 is 0. The fraction of sp³-hybridized carbons (Fsp3) is 0.550. The van der Waals surface area contributed by atoms with Crippen LogP contribution in [0.4, 0.5) is 0 Å². The minimum atomic E-state index is -0.391. The lowest BCUT2D eigenvalue weighted by Gasteiger charge is -2.30. The zero-order valence-electron chi connectivity index (χ0n) is 17.2. The van der Waals surface area contributed by atoms with Crippen LogP contribution in [0.25, 0.3) is 0 Å². The van der Waals surface area contributed by atoms with E-state index in [2.05, 4.69) is 5.32 Å². The van der Waals surface area contributed by atoms with Gasteiger partial charge in [0.1, 0.15) is 5.75 Å². The lowest BCUT2D eigenvalue weighted by atomic mass is 9.96. The van der Waals surface area contributed by atoms with Crippen molar-refractivity contribution < 1.29 is 19.5 Å². The van der Waals surface area contributed by atoms with Gasteiger partial charge in [-0.15, -0.1) is 0 Å². The molecular formula is C20H33N3O4. The van der Waals surface area contributed by atoms with E-state index >= 15 is 0 Å². The molecule has 1 aliphatic heterocycles. The topological polar surface area (TPSA) is 89.9 Å². The van der Waals surface area contributed by atoms with Crippen LogP contribution in [0, 0.1) is 5.92 Å². The second-order valence-electron chi connectivity index (χ2n) is 6.21. The molecule has 0 aromatic heterocycles. The summed E-state index contributed by atoms with van der Waals surface area (Å²) >= 11 is 0. The van der Waals surface area contributed by atoms with E-state index in [-0.39, 0.29) is 17.7 Å². The van der Waals surface area contributed by atoms with Crippen molar-refractivity contribution in [1.82, 2.24) is 15.1 Å². The summed E-state index contributed by atoms with van der Waals surface area (Å²) in [5, 5.41) is 11.9. The van der Waals surface area contributed by atoms with Crippen molar-refractivity contribution in [2.45, 2.75) is 40.7 Å². The number of phenols is 1. The summed E-state index contributed by atoms with van der Waals surface area (Å²) in [5.41, 5.74) is 1.00. The molecule has 1 aromatic rings. The average Bonchev–Trinajstić information content (AvgIpc) is 2.67. The first-order valence-electron chi connectivity index (χ1n) is 9.34. The quantitative estimate of drug-likeness (QED) is 0.606. The number of hydrogen-bond acceptors (Lipinski definition) is 4. The summed E-state index contributed by atoms with van der Waals surface area (Å²) in [5.74, 6) is -0.202. The smallest absolute Gasteiger partial charge is 0.312 e. The van der Waals surface area contributed by atoms with Crippen molar-refractivity contribution in [3.05, 3.63) is 29.8 Å². The van der Waals surface area contributed by atoms with Crippen LogP contribution in [0.15, 0.2) is 24.3 Å². The van der Waals surface area contributed by atoms with E-state index in [4.69, 9.17) is 5.11 Å². The van der Waals surface area contributed by atoms with Gasteiger partial charge >= 0.3 is 11.8 Å². The first kappa shape index (κ1) is 24.4. The molecule has 3 amide bonds. The van der Waals surface area contributed by atoms with Crippen LogP contribution in [0.1, 0.15) is 46.2 Å². The van der Waals surface area contributed by atoms with Gasteiger partial charge in [-0.1, -0.05) is 39.8 Å². The van der Waals surface area contributed by atoms with Gasteiger partial charge in [-0.05, 0) is 30.5 Å². The van der Waals surface area contributed by atoms with E-state index in [1.807, 2.05) is 46.8 Å². The molecular weight excluding hydrogens is 346 g/mol. The predicted molar refractivity (Wildman–Crippen MR) is 106 cm³/mol. The number of rotatable bonds is 5. The van der Waals surface area contributed by atoms with Crippen molar-refractivity contribution >= 4 is 18.2 Å². The van der Waals surface area contributed by atoms with Gasteiger partial charge in [0, 0.05) is 26.7 Å². The molecule has 2 rings (SSSR count). The number of likely N-dealkylation sites (N-methyl/N-ethyl adjacent to an activating group) is 2. The fourth-order valence-corrected chi connectivity index (χ4v) is 2.50. The number of nitrogens with one attached hydrogen (secondary N) is 1. The molecule has 0 bridgehead atoms. The van der Waals surface area contributed by atoms with E-state index in [9.17, 15) is 14.4 Å². The van der Waals surface area contributed by atoms with E-state index in [1.165, 1.54) is 4.90 Å². The second kappa shape index (κ2) is 12.7. The third kappa shape index (κ3) is 7.68. The van der Waals surface area contributed by atoms with Gasteiger partial charge in [0.25, 0.3) is 0 Å². The molecule has 0 spiro atoms. The Balaban J connectivity index is 0.000000469. The van der Waals surface area contributed by atoms with Crippen LogP contribution in [0.5, 0.6) is 5.75 Å². The van der Waals surface area contributed by atoms with Crippen LogP contribution < -0.4 is 5.32 Å². The molecule has 27 heavy (non-hydrogen) atoms. The number of amides is 3. The molecule has 1 saturated heterocycles. The molecule has 0 radical (unpaired) electrons. The van der Waals surface area contributed by atoms with Gasteiger partial charge < -0.3 is 20.2 Å². The number of carbonyl (C=O) groups is 3. The minimum absolute atomic E-state index is 0.00750. The number of benzene rings is 1. The van der Waals surface area contributed by atoms with Crippen molar-refractivity contribution in [1.29, 1.82) is 0 Å². The maximum atomic E-state index is 11.1. The molecule has 0 aliphatic carbocycles. The molecule has 1 fully saturated rings. The Morgan fingerprint density at radius 2 is 1.67 bits per heavy atom. The van der Waals surface area contributed by atoms with E-state index in [0.29, 0.717) is 32.0 Å². The predicted octanol–water partition coefficient (Wildman–Crippen LogP) is 2.17. The van der Waals surface area contributed by atoms with Gasteiger partial charge in [0.05, 0.1) is 6.04 Å². The van der Waals surface area contributed by atoms with Crippen LogP contribution in [0.2, 0.25) is 0 Å². The number of phenolic OH excluding ortho intramolecular Hbond substituents is 1. The third-order valence-corrected chi connectivity index (χ3v) is 4.07. The molecule has 152 valence electrons. The van der Waals surface area contributed by atoms with Crippen molar-refractivity contribution in [2.75, 3.05) is 26.7 Å². The zero-order valence-corrected chi connectivity index (χ0v) is 17.2.